The zero-order valence-corrected chi connectivity index (χ0v) is 18.5. The molecule has 1 aliphatic rings. The summed E-state index contributed by atoms with van der Waals surface area (Å²) < 4.78 is 53.0. The van der Waals surface area contributed by atoms with Crippen molar-refractivity contribution in [3.63, 3.8) is 0 Å². The maximum atomic E-state index is 14.0. The Bertz CT molecular complexity index is 1060. The van der Waals surface area contributed by atoms with Gasteiger partial charge in [-0.25, -0.2) is 12.8 Å². The topological polar surface area (TPSA) is 72.9 Å². The molecule has 2 atom stereocenters. The Kier molecular flexibility index (Phi) is 6.19. The number of methoxy groups -OCH3 is 1. The van der Waals surface area contributed by atoms with Crippen molar-refractivity contribution in [3.8, 4) is 5.75 Å². The van der Waals surface area contributed by atoms with E-state index in [1.54, 1.807) is 19.9 Å². The molecule has 0 aliphatic carbocycles. The van der Waals surface area contributed by atoms with Crippen LogP contribution in [-0.2, 0) is 19.6 Å². The Balaban J connectivity index is 2.02. The summed E-state index contributed by atoms with van der Waals surface area (Å²) in [6.07, 6.45) is -0.615. The number of benzene rings is 2. The molecule has 1 aliphatic heterocycles. The third kappa shape index (κ3) is 3.94. The third-order valence-electron chi connectivity index (χ3n) is 5.68. The Morgan fingerprint density at radius 1 is 1.10 bits per heavy atom. The van der Waals surface area contributed by atoms with Gasteiger partial charge in [-0.2, -0.15) is 4.31 Å². The normalized spacial score (nSPS) is 19.7. The fourth-order valence-electron chi connectivity index (χ4n) is 3.87. The van der Waals surface area contributed by atoms with E-state index in [0.717, 1.165) is 15.4 Å². The molecule has 1 heterocycles. The molecule has 6 nitrogen and oxygen atoms in total. The minimum absolute atomic E-state index is 0.0177. The molecule has 0 amide bonds. The van der Waals surface area contributed by atoms with Crippen LogP contribution in [-0.4, -0.2) is 44.5 Å². The fraction of sp³-hybridized carbons (Fsp3) is 0.409. The van der Waals surface area contributed by atoms with Gasteiger partial charge in [0.1, 0.15) is 12.1 Å². The van der Waals surface area contributed by atoms with Crippen molar-refractivity contribution in [2.45, 2.75) is 51.2 Å². The van der Waals surface area contributed by atoms with Gasteiger partial charge in [-0.1, -0.05) is 18.2 Å². The van der Waals surface area contributed by atoms with E-state index in [1.807, 2.05) is 19.9 Å². The Labute approximate surface area is 176 Å². The lowest BCUT2D eigenvalue weighted by molar-refractivity contribution is -0.144. The number of carbonyl (C=O) groups is 1. The minimum Gasteiger partial charge on any atom is -0.486 e. The molecule has 2 aromatic rings. The summed E-state index contributed by atoms with van der Waals surface area (Å²) >= 11 is 0. The lowest BCUT2D eigenvalue weighted by Gasteiger charge is -2.25. The maximum absolute atomic E-state index is 14.0. The van der Waals surface area contributed by atoms with Gasteiger partial charge in [-0.15, -0.1) is 0 Å². The molecule has 0 N–H and O–H groups in total. The van der Waals surface area contributed by atoms with E-state index in [9.17, 15) is 17.6 Å². The molecule has 0 bridgehead atoms. The smallest absolute Gasteiger partial charge is 0.324 e. The first kappa shape index (κ1) is 22.2. The van der Waals surface area contributed by atoms with E-state index < -0.39 is 34.0 Å². The predicted molar refractivity (Wildman–Crippen MR) is 111 cm³/mol. The van der Waals surface area contributed by atoms with Crippen molar-refractivity contribution in [1.82, 2.24) is 4.31 Å². The molecule has 0 saturated carbocycles. The van der Waals surface area contributed by atoms with Gasteiger partial charge in [-0.05, 0) is 62.1 Å². The zero-order chi connectivity index (χ0) is 22.2. The average Bonchev–Trinajstić information content (AvgIpc) is 3.12. The summed E-state index contributed by atoms with van der Waals surface area (Å²) in [5.41, 5.74) is 2.98. The first-order valence-corrected chi connectivity index (χ1v) is 11.1. The molecule has 1 fully saturated rings. The monoisotopic (exact) mass is 435 g/mol. The lowest BCUT2D eigenvalue weighted by Crippen LogP contribution is -2.41. The van der Waals surface area contributed by atoms with Gasteiger partial charge >= 0.3 is 5.97 Å². The second-order valence-electron chi connectivity index (χ2n) is 7.61. The molecule has 3 rings (SSSR count). The van der Waals surface area contributed by atoms with Crippen LogP contribution in [0.1, 0.15) is 28.7 Å². The molecule has 0 spiro atoms. The summed E-state index contributed by atoms with van der Waals surface area (Å²) in [6, 6.07) is 6.79. The number of esters is 1. The predicted octanol–water partition coefficient (Wildman–Crippen LogP) is 3.44. The van der Waals surface area contributed by atoms with Gasteiger partial charge in [0.25, 0.3) is 0 Å². The molecule has 2 unspecified atom stereocenters. The van der Waals surface area contributed by atoms with Gasteiger partial charge in [-0.3, -0.25) is 4.79 Å². The van der Waals surface area contributed by atoms with Crippen molar-refractivity contribution < 1.29 is 27.1 Å². The Hall–Kier alpha value is -2.45. The molecule has 8 heteroatoms. The number of halogens is 1. The number of carbonyl (C=O) groups excluding carboxylic acids is 1. The maximum Gasteiger partial charge on any atom is 0.324 e. The van der Waals surface area contributed by atoms with E-state index in [4.69, 9.17) is 9.47 Å². The van der Waals surface area contributed by atoms with E-state index in [-0.39, 0.29) is 23.6 Å². The van der Waals surface area contributed by atoms with Crippen LogP contribution in [0.25, 0.3) is 0 Å². The summed E-state index contributed by atoms with van der Waals surface area (Å²) in [5.74, 6) is -1.20. The number of rotatable bonds is 5. The number of sulfonamides is 1. The van der Waals surface area contributed by atoms with Crippen molar-refractivity contribution >= 4 is 16.0 Å². The molecule has 162 valence electrons. The molecule has 0 aromatic heterocycles. The Morgan fingerprint density at radius 3 is 2.27 bits per heavy atom. The van der Waals surface area contributed by atoms with Crippen LogP contribution >= 0.6 is 0 Å². The quantitative estimate of drug-likeness (QED) is 0.673. The molecule has 30 heavy (non-hydrogen) atoms. The third-order valence-corrected chi connectivity index (χ3v) is 7.83. The fourth-order valence-corrected chi connectivity index (χ4v) is 6.07. The summed E-state index contributed by atoms with van der Waals surface area (Å²) in [7, 11) is -2.81. The van der Waals surface area contributed by atoms with E-state index in [0.29, 0.717) is 11.1 Å². The number of para-hydroxylation sites is 1. The Morgan fingerprint density at radius 2 is 1.70 bits per heavy atom. The first-order chi connectivity index (χ1) is 14.1. The van der Waals surface area contributed by atoms with Gasteiger partial charge in [0.15, 0.2) is 11.6 Å². The van der Waals surface area contributed by atoms with Crippen LogP contribution in [0.4, 0.5) is 4.39 Å². The van der Waals surface area contributed by atoms with E-state index in [1.165, 1.54) is 25.3 Å². The van der Waals surface area contributed by atoms with Crippen molar-refractivity contribution in [1.29, 1.82) is 0 Å². The average molecular weight is 436 g/mol. The second-order valence-corrected chi connectivity index (χ2v) is 9.44. The SMILES string of the molecule is COC(=O)C1CC(Oc2ccccc2F)CN1S(=O)(=O)c1c(C)c(C)cc(C)c1C. The van der Waals surface area contributed by atoms with Crippen LogP contribution in [0.2, 0.25) is 0 Å². The van der Waals surface area contributed by atoms with Gasteiger partial charge in [0, 0.05) is 6.42 Å². The summed E-state index contributed by atoms with van der Waals surface area (Å²) in [5, 5.41) is 0. The van der Waals surface area contributed by atoms with Crippen LogP contribution in [0.15, 0.2) is 35.2 Å². The summed E-state index contributed by atoms with van der Waals surface area (Å²) in [4.78, 5) is 12.6. The van der Waals surface area contributed by atoms with Crippen LogP contribution in [0.5, 0.6) is 5.75 Å². The number of aryl methyl sites for hydroxylation is 2. The highest BCUT2D eigenvalue weighted by Gasteiger charge is 2.46. The molecule has 1 saturated heterocycles. The zero-order valence-electron chi connectivity index (χ0n) is 17.7. The number of ether oxygens (including phenoxy) is 2. The standard InChI is InChI=1S/C22H26FNO5S/c1-13-10-14(2)16(4)21(15(13)3)30(26,27)24-12-17(11-19(24)22(25)28-5)29-20-9-7-6-8-18(20)23/h6-10,17,19H,11-12H2,1-5H3. The second kappa shape index (κ2) is 8.35. The molecule has 0 radical (unpaired) electrons. The van der Waals surface area contributed by atoms with Crippen LogP contribution in [0.3, 0.4) is 0 Å². The first-order valence-electron chi connectivity index (χ1n) is 9.66. The number of hydrogen-bond acceptors (Lipinski definition) is 5. The van der Waals surface area contributed by atoms with Crippen molar-refractivity contribution in [3.05, 3.63) is 58.4 Å². The minimum atomic E-state index is -4.03. The lowest BCUT2D eigenvalue weighted by atomic mass is 10.0. The van der Waals surface area contributed by atoms with Crippen LogP contribution < -0.4 is 4.74 Å². The highest BCUT2D eigenvalue weighted by atomic mass is 32.2. The van der Waals surface area contributed by atoms with Gasteiger partial charge < -0.3 is 9.47 Å². The van der Waals surface area contributed by atoms with Crippen LogP contribution in [0, 0.1) is 33.5 Å². The number of nitrogens with zero attached hydrogens (tertiary/aromatic N) is 1. The number of hydrogen-bond donors (Lipinski definition) is 0. The largest absolute Gasteiger partial charge is 0.486 e. The van der Waals surface area contributed by atoms with E-state index in [2.05, 4.69) is 0 Å². The van der Waals surface area contributed by atoms with Crippen molar-refractivity contribution in [2.24, 2.45) is 0 Å². The van der Waals surface area contributed by atoms with Gasteiger partial charge in [0.2, 0.25) is 10.0 Å². The molecular formula is C22H26FNO5S. The van der Waals surface area contributed by atoms with Crippen molar-refractivity contribution in [2.75, 3.05) is 13.7 Å². The highest BCUT2D eigenvalue weighted by molar-refractivity contribution is 7.89. The highest BCUT2D eigenvalue weighted by Crippen LogP contribution is 2.34. The molecular weight excluding hydrogens is 409 g/mol. The summed E-state index contributed by atoms with van der Waals surface area (Å²) in [6.45, 7) is 7.14. The van der Waals surface area contributed by atoms with E-state index >= 15 is 0 Å². The van der Waals surface area contributed by atoms with Gasteiger partial charge in [0.05, 0.1) is 18.6 Å². The molecule has 2 aromatic carbocycles.